The minimum atomic E-state index is -0.593. The fraction of sp³-hybridized carbons (Fsp3) is 0.462. The second-order valence-electron chi connectivity index (χ2n) is 5.04. The molecule has 4 nitrogen and oxygen atoms in total. The first-order chi connectivity index (χ1) is 8.28. The molecule has 1 aromatic carbocycles. The quantitative estimate of drug-likeness (QED) is 0.678. The molecule has 0 saturated carbocycles. The molecule has 1 amide bonds. The average molecular weight is 316 g/mol. The summed E-state index contributed by atoms with van der Waals surface area (Å²) in [5.41, 5.74) is 0.576. The van der Waals surface area contributed by atoms with Crippen molar-refractivity contribution in [3.8, 4) is 0 Å². The predicted molar refractivity (Wildman–Crippen MR) is 73.0 cm³/mol. The average Bonchev–Trinajstić information content (AvgIpc) is 2.23. The van der Waals surface area contributed by atoms with Gasteiger partial charge in [0.25, 0.3) is 0 Å². The summed E-state index contributed by atoms with van der Waals surface area (Å²) in [4.78, 5) is 21.2. The number of hydrogen-bond acceptors (Lipinski definition) is 3. The third-order valence-corrected chi connectivity index (χ3v) is 2.56. The molecular formula is C13H18BrNO3. The second kappa shape index (κ2) is 6.20. The van der Waals surface area contributed by atoms with Crippen molar-refractivity contribution in [2.24, 2.45) is 0 Å². The molecule has 0 saturated heterocycles. The molecule has 0 bridgehead atoms. The molecule has 5 heteroatoms. The van der Waals surface area contributed by atoms with Crippen molar-refractivity contribution in [1.82, 2.24) is 5.32 Å². The molecule has 0 heterocycles. The van der Waals surface area contributed by atoms with Gasteiger partial charge in [0.05, 0.1) is 0 Å². The Morgan fingerprint density at radius 2 is 2.06 bits per heavy atom. The number of halogens is 1. The monoisotopic (exact) mass is 315 g/mol. The lowest BCUT2D eigenvalue weighted by molar-refractivity contribution is -0.272. The molecule has 100 valence electrons. The lowest BCUT2D eigenvalue weighted by Gasteiger charge is -2.20. The highest BCUT2D eigenvalue weighted by Gasteiger charge is 2.17. The molecule has 1 N–H and O–H groups in total. The van der Waals surface area contributed by atoms with Gasteiger partial charge in [-0.15, -0.1) is 0 Å². The molecule has 1 aromatic rings. The Hall–Kier alpha value is -1.07. The zero-order valence-electron chi connectivity index (χ0n) is 11.0. The summed E-state index contributed by atoms with van der Waals surface area (Å²) in [7, 11) is 0. The molecule has 0 aliphatic rings. The van der Waals surface area contributed by atoms with Gasteiger partial charge >= 0.3 is 6.09 Å². The maximum atomic E-state index is 11.4. The van der Waals surface area contributed by atoms with Gasteiger partial charge in [-0.25, -0.2) is 4.79 Å². The van der Waals surface area contributed by atoms with Crippen LogP contribution in [0.2, 0.25) is 0 Å². The van der Waals surface area contributed by atoms with Crippen molar-refractivity contribution in [3.63, 3.8) is 0 Å². The Bertz CT molecular complexity index is 415. The third-order valence-electron chi connectivity index (χ3n) is 2.06. The van der Waals surface area contributed by atoms with Gasteiger partial charge in [0, 0.05) is 10.0 Å². The molecule has 1 unspecified atom stereocenters. The Labute approximate surface area is 116 Å². The zero-order valence-corrected chi connectivity index (χ0v) is 12.6. The Balaban J connectivity index is 2.46. The molecule has 0 fully saturated rings. The molecule has 0 radical (unpaired) electrons. The normalized spacial score (nSPS) is 12.9. The van der Waals surface area contributed by atoms with Gasteiger partial charge in [0.15, 0.2) is 0 Å². The molecule has 0 spiro atoms. The summed E-state index contributed by atoms with van der Waals surface area (Å²) in [6.45, 7) is 7.41. The van der Waals surface area contributed by atoms with E-state index in [0.29, 0.717) is 0 Å². The molecule has 1 rings (SSSR count). The van der Waals surface area contributed by atoms with E-state index in [1.807, 2.05) is 52.0 Å². The molecule has 1 atom stereocenters. The number of rotatable bonds is 3. The summed E-state index contributed by atoms with van der Waals surface area (Å²) in [6.07, 6.45) is -0.919. The zero-order chi connectivity index (χ0) is 13.8. The summed E-state index contributed by atoms with van der Waals surface area (Å²) >= 11 is 3.37. The van der Waals surface area contributed by atoms with Crippen molar-refractivity contribution in [3.05, 3.63) is 34.3 Å². The van der Waals surface area contributed by atoms with E-state index in [1.54, 1.807) is 0 Å². The number of hydrogen-bond donors (Lipinski definition) is 1. The fourth-order valence-electron chi connectivity index (χ4n) is 1.26. The van der Waals surface area contributed by atoms with Crippen LogP contribution in [0.4, 0.5) is 4.79 Å². The van der Waals surface area contributed by atoms with Crippen LogP contribution in [0, 0.1) is 0 Å². The minimum absolute atomic E-state index is 0.326. The van der Waals surface area contributed by atoms with Crippen LogP contribution in [-0.2, 0) is 9.78 Å². The highest BCUT2D eigenvalue weighted by Crippen LogP contribution is 2.20. The van der Waals surface area contributed by atoms with Crippen LogP contribution in [0.3, 0.4) is 0 Å². The lowest BCUT2D eigenvalue weighted by atomic mass is 10.1. The summed E-state index contributed by atoms with van der Waals surface area (Å²) in [6, 6.07) is 7.63. The van der Waals surface area contributed by atoms with E-state index in [2.05, 4.69) is 21.2 Å². The smallest absolute Gasteiger partial charge is 0.315 e. The lowest BCUT2D eigenvalue weighted by Crippen LogP contribution is -2.41. The molecule has 18 heavy (non-hydrogen) atoms. The molecule has 0 aliphatic carbocycles. The SMILES string of the molecule is CC(OOC(=O)NC(C)(C)C)c1cccc(Br)c1. The maximum absolute atomic E-state index is 11.4. The second-order valence-corrected chi connectivity index (χ2v) is 5.95. The van der Waals surface area contributed by atoms with E-state index in [9.17, 15) is 4.79 Å². The Morgan fingerprint density at radius 3 is 2.61 bits per heavy atom. The first kappa shape index (κ1) is 15.0. The van der Waals surface area contributed by atoms with Gasteiger partial charge in [-0.3, -0.25) is 4.89 Å². The summed E-state index contributed by atoms with van der Waals surface area (Å²) in [5.74, 6) is 0. The van der Waals surface area contributed by atoms with Crippen molar-refractivity contribution in [1.29, 1.82) is 0 Å². The predicted octanol–water partition coefficient (Wildman–Crippen LogP) is 3.97. The molecule has 0 aromatic heterocycles. The van der Waals surface area contributed by atoms with E-state index >= 15 is 0 Å². The van der Waals surface area contributed by atoms with Crippen molar-refractivity contribution in [2.45, 2.75) is 39.3 Å². The standard InChI is InChI=1S/C13H18BrNO3/c1-9(10-6-5-7-11(14)8-10)17-18-12(16)15-13(2,3)4/h5-9H,1-4H3,(H,15,16). The van der Waals surface area contributed by atoms with Crippen LogP contribution in [0.5, 0.6) is 0 Å². The van der Waals surface area contributed by atoms with Crippen LogP contribution >= 0.6 is 15.9 Å². The summed E-state index contributed by atoms with van der Waals surface area (Å²) in [5, 5.41) is 2.64. The Morgan fingerprint density at radius 1 is 1.39 bits per heavy atom. The molecular weight excluding hydrogens is 298 g/mol. The topological polar surface area (TPSA) is 47.6 Å². The molecule has 0 aliphatic heterocycles. The van der Waals surface area contributed by atoms with Crippen LogP contribution in [0.25, 0.3) is 0 Å². The largest absolute Gasteiger partial charge is 0.439 e. The van der Waals surface area contributed by atoms with E-state index in [-0.39, 0.29) is 11.6 Å². The number of benzene rings is 1. The maximum Gasteiger partial charge on any atom is 0.439 e. The van der Waals surface area contributed by atoms with Gasteiger partial charge in [0.2, 0.25) is 0 Å². The number of carbonyl (C=O) groups is 1. The van der Waals surface area contributed by atoms with Gasteiger partial charge in [-0.05, 0) is 45.4 Å². The number of nitrogens with one attached hydrogen (secondary N) is 1. The number of amides is 1. The van der Waals surface area contributed by atoms with Crippen LogP contribution in [0.15, 0.2) is 28.7 Å². The minimum Gasteiger partial charge on any atom is -0.315 e. The third kappa shape index (κ3) is 5.51. The first-order valence-corrected chi connectivity index (χ1v) is 6.48. The van der Waals surface area contributed by atoms with E-state index in [4.69, 9.17) is 9.78 Å². The highest BCUT2D eigenvalue weighted by atomic mass is 79.9. The van der Waals surface area contributed by atoms with Gasteiger partial charge in [-0.1, -0.05) is 28.1 Å². The van der Waals surface area contributed by atoms with E-state index < -0.39 is 6.09 Å². The van der Waals surface area contributed by atoms with Crippen LogP contribution in [0.1, 0.15) is 39.4 Å². The highest BCUT2D eigenvalue weighted by molar-refractivity contribution is 9.10. The van der Waals surface area contributed by atoms with E-state index in [1.165, 1.54) is 0 Å². The van der Waals surface area contributed by atoms with Gasteiger partial charge < -0.3 is 5.32 Å². The van der Waals surface area contributed by atoms with Gasteiger partial charge in [0.1, 0.15) is 6.10 Å². The van der Waals surface area contributed by atoms with Crippen LogP contribution < -0.4 is 5.32 Å². The fourth-order valence-corrected chi connectivity index (χ4v) is 1.67. The van der Waals surface area contributed by atoms with E-state index in [0.717, 1.165) is 10.0 Å². The first-order valence-electron chi connectivity index (χ1n) is 5.69. The van der Waals surface area contributed by atoms with Crippen molar-refractivity contribution >= 4 is 22.0 Å². The van der Waals surface area contributed by atoms with Crippen LogP contribution in [-0.4, -0.2) is 11.6 Å². The summed E-state index contributed by atoms with van der Waals surface area (Å²) < 4.78 is 0.953. The van der Waals surface area contributed by atoms with Gasteiger partial charge in [-0.2, -0.15) is 4.89 Å². The van der Waals surface area contributed by atoms with Crippen molar-refractivity contribution < 1.29 is 14.6 Å². The Kier molecular flexibility index (Phi) is 5.16. The van der Waals surface area contributed by atoms with Crippen molar-refractivity contribution in [2.75, 3.05) is 0 Å². The number of carbonyl (C=O) groups excluding carboxylic acids is 1.